The summed E-state index contributed by atoms with van der Waals surface area (Å²) in [7, 11) is -0.232. The molecule has 1 atom stereocenters. The van der Waals surface area contributed by atoms with Gasteiger partial charge in [-0.1, -0.05) is 25.1 Å². The molecular formula is C17H25BO2. The Kier molecular flexibility index (Phi) is 3.26. The van der Waals surface area contributed by atoms with Crippen LogP contribution in [0.5, 0.6) is 0 Å². The van der Waals surface area contributed by atoms with E-state index in [0.29, 0.717) is 0 Å². The monoisotopic (exact) mass is 272 g/mol. The molecule has 0 saturated carbocycles. The Labute approximate surface area is 123 Å². The maximum atomic E-state index is 6.14. The predicted molar refractivity (Wildman–Crippen MR) is 83.3 cm³/mol. The molecule has 0 radical (unpaired) electrons. The molecule has 1 heterocycles. The van der Waals surface area contributed by atoms with E-state index in [-0.39, 0.29) is 18.3 Å². The first kappa shape index (κ1) is 14.2. The average molecular weight is 272 g/mol. The molecule has 1 aliphatic heterocycles. The van der Waals surface area contributed by atoms with Crippen molar-refractivity contribution in [2.24, 2.45) is 5.92 Å². The second-order valence-electron chi connectivity index (χ2n) is 7.46. The molecule has 0 aromatic heterocycles. The predicted octanol–water partition coefficient (Wildman–Crippen LogP) is 3.11. The molecule has 3 heteroatoms. The minimum atomic E-state index is -0.262. The van der Waals surface area contributed by atoms with Gasteiger partial charge in [0, 0.05) is 0 Å². The van der Waals surface area contributed by atoms with Gasteiger partial charge in [0.25, 0.3) is 0 Å². The summed E-state index contributed by atoms with van der Waals surface area (Å²) in [5, 5.41) is 0. The third-order valence-corrected chi connectivity index (χ3v) is 5.23. The van der Waals surface area contributed by atoms with Crippen LogP contribution in [0.2, 0.25) is 0 Å². The second-order valence-corrected chi connectivity index (χ2v) is 7.46. The Morgan fingerprint density at radius 2 is 1.70 bits per heavy atom. The van der Waals surface area contributed by atoms with Gasteiger partial charge in [0.2, 0.25) is 0 Å². The fraction of sp³-hybridized carbons (Fsp3) is 0.647. The fourth-order valence-corrected chi connectivity index (χ4v) is 3.08. The lowest BCUT2D eigenvalue weighted by atomic mass is 9.75. The van der Waals surface area contributed by atoms with Crippen LogP contribution in [0.25, 0.3) is 0 Å². The molecule has 2 nitrogen and oxygen atoms in total. The number of benzene rings is 1. The van der Waals surface area contributed by atoms with Gasteiger partial charge in [0.15, 0.2) is 0 Å². The zero-order valence-corrected chi connectivity index (χ0v) is 13.3. The molecule has 2 aliphatic rings. The highest BCUT2D eigenvalue weighted by Gasteiger charge is 2.51. The molecule has 0 bridgehead atoms. The van der Waals surface area contributed by atoms with E-state index in [1.807, 2.05) is 0 Å². The van der Waals surface area contributed by atoms with Gasteiger partial charge < -0.3 is 9.31 Å². The number of fused-ring (bicyclic) bond motifs is 1. The SMILES string of the molecule is CC1CCc2cc(B3OC(C)(C)C(C)(C)O3)ccc2C1. The molecule has 1 aromatic rings. The van der Waals surface area contributed by atoms with Crippen molar-refractivity contribution in [1.29, 1.82) is 0 Å². The van der Waals surface area contributed by atoms with Crippen LogP contribution < -0.4 is 5.46 Å². The van der Waals surface area contributed by atoms with Gasteiger partial charge in [-0.25, -0.2) is 0 Å². The van der Waals surface area contributed by atoms with E-state index in [2.05, 4.69) is 52.8 Å². The summed E-state index contributed by atoms with van der Waals surface area (Å²) < 4.78 is 12.3. The molecule has 20 heavy (non-hydrogen) atoms. The molecule has 1 fully saturated rings. The van der Waals surface area contributed by atoms with Gasteiger partial charge in [0.1, 0.15) is 0 Å². The summed E-state index contributed by atoms with van der Waals surface area (Å²) in [4.78, 5) is 0. The molecule has 3 rings (SSSR count). The standard InChI is InChI=1S/C17H25BO2/c1-12-6-7-14-11-15(9-8-13(14)10-12)18-19-16(2,3)17(4,5)20-18/h8-9,11-12H,6-7,10H2,1-5H3. The lowest BCUT2D eigenvalue weighted by Gasteiger charge is -2.32. The van der Waals surface area contributed by atoms with E-state index in [0.717, 1.165) is 11.4 Å². The number of hydrogen-bond donors (Lipinski definition) is 0. The highest BCUT2D eigenvalue weighted by molar-refractivity contribution is 6.62. The first-order valence-electron chi connectivity index (χ1n) is 7.76. The van der Waals surface area contributed by atoms with Crippen LogP contribution >= 0.6 is 0 Å². The van der Waals surface area contributed by atoms with E-state index < -0.39 is 0 Å². The smallest absolute Gasteiger partial charge is 0.399 e. The van der Waals surface area contributed by atoms with Crippen molar-refractivity contribution in [2.75, 3.05) is 0 Å². The first-order chi connectivity index (χ1) is 9.28. The largest absolute Gasteiger partial charge is 0.494 e. The van der Waals surface area contributed by atoms with Gasteiger partial charge in [0.05, 0.1) is 11.2 Å². The maximum absolute atomic E-state index is 6.14. The molecular weight excluding hydrogens is 247 g/mol. The maximum Gasteiger partial charge on any atom is 0.494 e. The zero-order valence-electron chi connectivity index (χ0n) is 13.3. The van der Waals surface area contributed by atoms with E-state index in [9.17, 15) is 0 Å². The third-order valence-electron chi connectivity index (χ3n) is 5.23. The van der Waals surface area contributed by atoms with Crippen molar-refractivity contribution >= 4 is 12.6 Å². The molecule has 0 N–H and O–H groups in total. The Morgan fingerprint density at radius 3 is 2.35 bits per heavy atom. The summed E-state index contributed by atoms with van der Waals surface area (Å²) in [5.74, 6) is 0.810. The molecule has 1 saturated heterocycles. The molecule has 0 amide bonds. The van der Waals surface area contributed by atoms with Crippen LogP contribution in [0, 0.1) is 5.92 Å². The lowest BCUT2D eigenvalue weighted by molar-refractivity contribution is 0.00578. The minimum Gasteiger partial charge on any atom is -0.399 e. The summed E-state index contributed by atoms with van der Waals surface area (Å²) in [6.45, 7) is 10.8. The molecule has 1 unspecified atom stereocenters. The normalized spacial score (nSPS) is 27.4. The van der Waals surface area contributed by atoms with Crippen molar-refractivity contribution in [3.63, 3.8) is 0 Å². The Bertz CT molecular complexity index is 506. The van der Waals surface area contributed by atoms with E-state index in [1.54, 1.807) is 0 Å². The average Bonchev–Trinajstić information content (AvgIpc) is 2.58. The van der Waals surface area contributed by atoms with Crippen molar-refractivity contribution in [3.05, 3.63) is 29.3 Å². The van der Waals surface area contributed by atoms with Crippen LogP contribution in [0.1, 0.15) is 52.2 Å². The van der Waals surface area contributed by atoms with Crippen LogP contribution in [0.3, 0.4) is 0 Å². The van der Waals surface area contributed by atoms with E-state index in [4.69, 9.17) is 9.31 Å². The summed E-state index contributed by atoms with van der Waals surface area (Å²) >= 11 is 0. The van der Waals surface area contributed by atoms with Crippen molar-refractivity contribution < 1.29 is 9.31 Å². The fourth-order valence-electron chi connectivity index (χ4n) is 3.08. The van der Waals surface area contributed by atoms with Gasteiger partial charge in [-0.15, -0.1) is 0 Å². The van der Waals surface area contributed by atoms with Crippen LogP contribution in [0.4, 0.5) is 0 Å². The molecule has 108 valence electrons. The van der Waals surface area contributed by atoms with Gasteiger partial charge in [-0.3, -0.25) is 0 Å². The molecule has 0 spiro atoms. The molecule has 1 aliphatic carbocycles. The number of hydrogen-bond acceptors (Lipinski definition) is 2. The second kappa shape index (κ2) is 4.61. The summed E-state index contributed by atoms with van der Waals surface area (Å²) in [6.07, 6.45) is 3.68. The van der Waals surface area contributed by atoms with Gasteiger partial charge in [-0.05, 0) is 69.5 Å². The minimum absolute atomic E-state index is 0.232. The van der Waals surface area contributed by atoms with Crippen LogP contribution in [0.15, 0.2) is 18.2 Å². The summed E-state index contributed by atoms with van der Waals surface area (Å²) in [6, 6.07) is 6.74. The van der Waals surface area contributed by atoms with Crippen molar-refractivity contribution in [1.82, 2.24) is 0 Å². The van der Waals surface area contributed by atoms with Crippen molar-refractivity contribution in [3.8, 4) is 0 Å². The Morgan fingerprint density at radius 1 is 1.05 bits per heavy atom. The molecule has 1 aromatic carbocycles. The van der Waals surface area contributed by atoms with Crippen molar-refractivity contribution in [2.45, 2.75) is 65.1 Å². The lowest BCUT2D eigenvalue weighted by Crippen LogP contribution is -2.41. The highest BCUT2D eigenvalue weighted by atomic mass is 16.7. The first-order valence-corrected chi connectivity index (χ1v) is 7.76. The number of rotatable bonds is 1. The Balaban J connectivity index is 1.86. The zero-order chi connectivity index (χ0) is 14.5. The third kappa shape index (κ3) is 2.31. The Hall–Kier alpha value is -0.795. The quantitative estimate of drug-likeness (QED) is 0.731. The van der Waals surface area contributed by atoms with Gasteiger partial charge in [-0.2, -0.15) is 0 Å². The highest BCUT2D eigenvalue weighted by Crippen LogP contribution is 2.36. The van der Waals surface area contributed by atoms with Crippen LogP contribution in [-0.4, -0.2) is 18.3 Å². The number of aryl methyl sites for hydroxylation is 1. The summed E-state index contributed by atoms with van der Waals surface area (Å²) in [5.41, 5.74) is 3.63. The van der Waals surface area contributed by atoms with E-state index in [1.165, 1.54) is 30.4 Å². The van der Waals surface area contributed by atoms with Crippen LogP contribution in [-0.2, 0) is 22.2 Å². The van der Waals surface area contributed by atoms with Gasteiger partial charge >= 0.3 is 7.12 Å². The topological polar surface area (TPSA) is 18.5 Å². The van der Waals surface area contributed by atoms with E-state index >= 15 is 0 Å².